The Morgan fingerprint density at radius 3 is 2.86 bits per heavy atom. The van der Waals surface area contributed by atoms with E-state index in [4.69, 9.17) is 16.1 Å². The minimum Gasteiger partial charge on any atom is -0.394 e. The van der Waals surface area contributed by atoms with Gasteiger partial charge in [0.2, 0.25) is 0 Å². The average Bonchev–Trinajstić information content (AvgIpc) is 2.19. The first kappa shape index (κ1) is 10.7. The van der Waals surface area contributed by atoms with Crippen LogP contribution in [-0.2, 0) is 12.0 Å². The van der Waals surface area contributed by atoms with E-state index in [2.05, 4.69) is 6.07 Å². The van der Waals surface area contributed by atoms with Crippen LogP contribution in [0.15, 0.2) is 24.3 Å². The standard InChI is InChI=1S/C11H14N2O/c1-11(13,8-14)10-4-2-3-9(7-10)5-6-12/h2-4,7,14H,5,8,13H2,1H3/t11-/m0/s1. The zero-order chi connectivity index (χ0) is 10.6. The lowest BCUT2D eigenvalue weighted by atomic mass is 9.92. The molecule has 0 aliphatic heterocycles. The van der Waals surface area contributed by atoms with Gasteiger partial charge in [0.15, 0.2) is 0 Å². The number of hydrogen-bond acceptors (Lipinski definition) is 3. The maximum Gasteiger partial charge on any atom is 0.0669 e. The van der Waals surface area contributed by atoms with Gasteiger partial charge in [-0.25, -0.2) is 0 Å². The van der Waals surface area contributed by atoms with Crippen LogP contribution in [0.4, 0.5) is 0 Å². The van der Waals surface area contributed by atoms with Gasteiger partial charge in [-0.15, -0.1) is 0 Å². The van der Waals surface area contributed by atoms with Crippen LogP contribution in [-0.4, -0.2) is 11.7 Å². The van der Waals surface area contributed by atoms with E-state index in [1.165, 1.54) is 0 Å². The van der Waals surface area contributed by atoms with Crippen LogP contribution in [0, 0.1) is 11.3 Å². The summed E-state index contributed by atoms with van der Waals surface area (Å²) in [5.41, 5.74) is 6.92. The molecule has 0 aliphatic carbocycles. The molecule has 0 aromatic heterocycles. The maximum absolute atomic E-state index is 9.08. The molecule has 0 spiro atoms. The molecule has 0 unspecified atom stereocenters. The predicted molar refractivity (Wildman–Crippen MR) is 54.4 cm³/mol. The summed E-state index contributed by atoms with van der Waals surface area (Å²) in [5.74, 6) is 0. The van der Waals surface area contributed by atoms with E-state index in [9.17, 15) is 0 Å². The lowest BCUT2D eigenvalue weighted by Gasteiger charge is -2.22. The Kier molecular flexibility index (Phi) is 3.23. The summed E-state index contributed by atoms with van der Waals surface area (Å²) in [4.78, 5) is 0. The second kappa shape index (κ2) is 4.23. The van der Waals surface area contributed by atoms with Crippen molar-refractivity contribution in [3.8, 4) is 6.07 Å². The minimum atomic E-state index is -0.731. The van der Waals surface area contributed by atoms with Crippen molar-refractivity contribution in [3.63, 3.8) is 0 Å². The molecule has 1 atom stereocenters. The second-order valence-corrected chi connectivity index (χ2v) is 3.61. The first-order chi connectivity index (χ1) is 6.60. The van der Waals surface area contributed by atoms with Crippen molar-refractivity contribution in [2.24, 2.45) is 5.73 Å². The summed E-state index contributed by atoms with van der Waals surface area (Å²) in [7, 11) is 0. The zero-order valence-corrected chi connectivity index (χ0v) is 8.20. The van der Waals surface area contributed by atoms with Crippen LogP contribution in [0.25, 0.3) is 0 Å². The maximum atomic E-state index is 9.08. The SMILES string of the molecule is C[C@](N)(CO)c1cccc(CC#N)c1. The van der Waals surface area contributed by atoms with Crippen molar-refractivity contribution in [2.75, 3.05) is 6.61 Å². The Labute approximate surface area is 83.8 Å². The van der Waals surface area contributed by atoms with E-state index in [-0.39, 0.29) is 6.61 Å². The molecular weight excluding hydrogens is 176 g/mol. The number of benzene rings is 1. The van der Waals surface area contributed by atoms with Crippen LogP contribution < -0.4 is 5.73 Å². The van der Waals surface area contributed by atoms with Crippen LogP contribution in [0.3, 0.4) is 0 Å². The third-order valence-corrected chi connectivity index (χ3v) is 2.20. The highest BCUT2D eigenvalue weighted by Crippen LogP contribution is 2.18. The average molecular weight is 190 g/mol. The van der Waals surface area contributed by atoms with Gasteiger partial charge >= 0.3 is 0 Å². The Bertz CT molecular complexity index is 353. The van der Waals surface area contributed by atoms with Gasteiger partial charge in [-0.1, -0.05) is 24.3 Å². The topological polar surface area (TPSA) is 70.0 Å². The molecule has 0 bridgehead atoms. The van der Waals surface area contributed by atoms with Crippen molar-refractivity contribution >= 4 is 0 Å². The Balaban J connectivity index is 3.00. The number of hydrogen-bond donors (Lipinski definition) is 2. The summed E-state index contributed by atoms with van der Waals surface area (Å²) in [6, 6.07) is 9.52. The number of aliphatic hydroxyl groups excluding tert-OH is 1. The molecule has 1 aromatic rings. The van der Waals surface area contributed by atoms with Gasteiger partial charge in [0.1, 0.15) is 0 Å². The smallest absolute Gasteiger partial charge is 0.0669 e. The summed E-state index contributed by atoms with van der Waals surface area (Å²) in [6.07, 6.45) is 0.370. The Morgan fingerprint density at radius 1 is 1.57 bits per heavy atom. The highest BCUT2D eigenvalue weighted by molar-refractivity contribution is 5.30. The fourth-order valence-electron chi connectivity index (χ4n) is 1.22. The molecule has 1 rings (SSSR count). The lowest BCUT2D eigenvalue weighted by Crippen LogP contribution is -2.36. The molecule has 0 aliphatic rings. The van der Waals surface area contributed by atoms with Gasteiger partial charge in [-0.05, 0) is 18.1 Å². The molecule has 0 amide bonds. The molecule has 14 heavy (non-hydrogen) atoms. The van der Waals surface area contributed by atoms with E-state index >= 15 is 0 Å². The molecule has 3 nitrogen and oxygen atoms in total. The molecule has 1 aromatic carbocycles. The van der Waals surface area contributed by atoms with Gasteiger partial charge in [0, 0.05) is 0 Å². The van der Waals surface area contributed by atoms with E-state index in [1.54, 1.807) is 6.92 Å². The summed E-state index contributed by atoms with van der Waals surface area (Å²) in [6.45, 7) is 1.65. The molecule has 0 heterocycles. The van der Waals surface area contributed by atoms with E-state index in [0.717, 1.165) is 11.1 Å². The van der Waals surface area contributed by atoms with Crippen LogP contribution in [0.5, 0.6) is 0 Å². The normalized spacial score (nSPS) is 14.4. The Hall–Kier alpha value is -1.37. The number of nitrogens with zero attached hydrogens (tertiary/aromatic N) is 1. The fraction of sp³-hybridized carbons (Fsp3) is 0.364. The van der Waals surface area contributed by atoms with E-state index < -0.39 is 5.54 Å². The van der Waals surface area contributed by atoms with Crippen LogP contribution in [0.1, 0.15) is 18.1 Å². The van der Waals surface area contributed by atoms with Gasteiger partial charge in [0.25, 0.3) is 0 Å². The second-order valence-electron chi connectivity index (χ2n) is 3.61. The molecule has 3 N–H and O–H groups in total. The highest BCUT2D eigenvalue weighted by atomic mass is 16.3. The minimum absolute atomic E-state index is 0.108. The third kappa shape index (κ3) is 2.32. The molecule has 0 fully saturated rings. The lowest BCUT2D eigenvalue weighted by molar-refractivity contribution is 0.210. The molecule has 0 saturated heterocycles. The van der Waals surface area contributed by atoms with E-state index in [1.807, 2.05) is 24.3 Å². The predicted octanol–water partition coefficient (Wildman–Crippen LogP) is 0.919. The monoisotopic (exact) mass is 190 g/mol. The molecule has 74 valence electrons. The zero-order valence-electron chi connectivity index (χ0n) is 8.20. The van der Waals surface area contributed by atoms with Crippen molar-refractivity contribution in [1.82, 2.24) is 0 Å². The molecule has 3 heteroatoms. The van der Waals surface area contributed by atoms with Gasteiger partial charge in [-0.3, -0.25) is 0 Å². The number of nitrogens with two attached hydrogens (primary N) is 1. The fourth-order valence-corrected chi connectivity index (χ4v) is 1.22. The molecule has 0 radical (unpaired) electrons. The third-order valence-electron chi connectivity index (χ3n) is 2.20. The summed E-state index contributed by atoms with van der Waals surface area (Å²) < 4.78 is 0. The number of aliphatic hydroxyl groups is 1. The van der Waals surface area contributed by atoms with Crippen LogP contribution in [0.2, 0.25) is 0 Å². The number of rotatable bonds is 3. The summed E-state index contributed by atoms with van der Waals surface area (Å²) >= 11 is 0. The first-order valence-corrected chi connectivity index (χ1v) is 4.46. The van der Waals surface area contributed by atoms with E-state index in [0.29, 0.717) is 6.42 Å². The quantitative estimate of drug-likeness (QED) is 0.744. The van der Waals surface area contributed by atoms with Gasteiger partial charge in [0.05, 0.1) is 24.6 Å². The van der Waals surface area contributed by atoms with Crippen molar-refractivity contribution in [2.45, 2.75) is 18.9 Å². The Morgan fingerprint density at radius 2 is 2.29 bits per heavy atom. The van der Waals surface area contributed by atoms with Crippen molar-refractivity contribution < 1.29 is 5.11 Å². The summed E-state index contributed by atoms with van der Waals surface area (Å²) in [5, 5.41) is 17.6. The highest BCUT2D eigenvalue weighted by Gasteiger charge is 2.19. The van der Waals surface area contributed by atoms with Crippen LogP contribution >= 0.6 is 0 Å². The van der Waals surface area contributed by atoms with Crippen molar-refractivity contribution in [1.29, 1.82) is 5.26 Å². The number of nitriles is 1. The molecular formula is C11H14N2O. The van der Waals surface area contributed by atoms with Gasteiger partial charge < -0.3 is 10.8 Å². The van der Waals surface area contributed by atoms with Crippen molar-refractivity contribution in [3.05, 3.63) is 35.4 Å². The van der Waals surface area contributed by atoms with Gasteiger partial charge in [-0.2, -0.15) is 5.26 Å². The molecule has 0 saturated carbocycles. The largest absolute Gasteiger partial charge is 0.394 e. The first-order valence-electron chi connectivity index (χ1n) is 4.46.